The van der Waals surface area contributed by atoms with Gasteiger partial charge in [-0.25, -0.2) is 0 Å². The Bertz CT molecular complexity index is 879. The third-order valence-corrected chi connectivity index (χ3v) is 5.83. The van der Waals surface area contributed by atoms with Gasteiger partial charge < -0.3 is 10.2 Å². The quantitative estimate of drug-likeness (QED) is 0.824. The van der Waals surface area contributed by atoms with Crippen LogP contribution in [-0.2, 0) is 31.0 Å². The van der Waals surface area contributed by atoms with Crippen molar-refractivity contribution in [2.24, 2.45) is 5.92 Å². The Labute approximate surface area is 164 Å². The Hall–Kier alpha value is -2.64. The van der Waals surface area contributed by atoms with Gasteiger partial charge in [0, 0.05) is 24.7 Å². The Balaban J connectivity index is 1.36. The molecule has 2 aliphatic rings. The van der Waals surface area contributed by atoms with Crippen LogP contribution in [0.4, 0.5) is 0 Å². The summed E-state index contributed by atoms with van der Waals surface area (Å²) in [7, 11) is 0. The number of rotatable bonds is 6. The second-order valence-electron chi connectivity index (χ2n) is 7.79. The third-order valence-electron chi connectivity index (χ3n) is 5.83. The highest BCUT2D eigenvalue weighted by atomic mass is 16.2. The van der Waals surface area contributed by atoms with Crippen LogP contribution in [0.25, 0.3) is 0 Å². The van der Waals surface area contributed by atoms with Crippen LogP contribution in [0.15, 0.2) is 12.3 Å². The first-order valence-electron chi connectivity index (χ1n) is 10.2. The molecule has 2 aromatic heterocycles. The second-order valence-corrected chi connectivity index (χ2v) is 7.79. The number of amides is 2. The summed E-state index contributed by atoms with van der Waals surface area (Å²) in [6.07, 6.45) is 5.83. The van der Waals surface area contributed by atoms with Crippen LogP contribution in [0.2, 0.25) is 0 Å². The van der Waals surface area contributed by atoms with Crippen molar-refractivity contribution in [1.29, 1.82) is 0 Å². The van der Waals surface area contributed by atoms with Crippen LogP contribution in [-0.4, -0.2) is 42.8 Å². The number of aryl methyl sites for hydroxylation is 1. The minimum Gasteiger partial charge on any atom is -0.346 e. The first kappa shape index (κ1) is 18.7. The predicted molar refractivity (Wildman–Crippen MR) is 103 cm³/mol. The topological polar surface area (TPSA) is 85.1 Å². The van der Waals surface area contributed by atoms with Gasteiger partial charge in [-0.2, -0.15) is 10.2 Å². The zero-order valence-electron chi connectivity index (χ0n) is 16.6. The fourth-order valence-corrected chi connectivity index (χ4v) is 3.89. The van der Waals surface area contributed by atoms with Crippen molar-refractivity contribution in [2.45, 2.75) is 65.7 Å². The summed E-state index contributed by atoms with van der Waals surface area (Å²) in [5.74, 6) is 0.380. The molecule has 4 rings (SSSR count). The second kappa shape index (κ2) is 7.77. The number of nitrogens with zero attached hydrogens (tertiary/aromatic N) is 5. The molecule has 0 saturated heterocycles. The lowest BCUT2D eigenvalue weighted by Gasteiger charge is -2.34. The fraction of sp³-hybridized carbons (Fsp3) is 0.600. The molecule has 1 N–H and O–H groups in total. The molecular formula is C20H28N6O2. The third kappa shape index (κ3) is 3.55. The van der Waals surface area contributed by atoms with E-state index in [4.69, 9.17) is 0 Å². The van der Waals surface area contributed by atoms with Gasteiger partial charge in [-0.15, -0.1) is 0 Å². The van der Waals surface area contributed by atoms with Gasteiger partial charge >= 0.3 is 0 Å². The van der Waals surface area contributed by atoms with E-state index in [-0.39, 0.29) is 17.7 Å². The van der Waals surface area contributed by atoms with E-state index in [1.165, 1.54) is 6.42 Å². The molecule has 8 heteroatoms. The Morgan fingerprint density at radius 3 is 2.82 bits per heavy atom. The number of hydrogen-bond donors (Lipinski definition) is 1. The maximum absolute atomic E-state index is 12.5. The highest BCUT2D eigenvalue weighted by Crippen LogP contribution is 2.29. The van der Waals surface area contributed by atoms with E-state index in [2.05, 4.69) is 22.4 Å². The molecule has 0 aromatic carbocycles. The lowest BCUT2D eigenvalue weighted by molar-refractivity contribution is -0.139. The van der Waals surface area contributed by atoms with Crippen LogP contribution in [0, 0.1) is 12.8 Å². The molecule has 1 aliphatic carbocycles. The highest BCUT2D eigenvalue weighted by molar-refractivity contribution is 5.94. The van der Waals surface area contributed by atoms with Crippen LogP contribution >= 0.6 is 0 Å². The molecule has 0 spiro atoms. The van der Waals surface area contributed by atoms with Gasteiger partial charge in [0.05, 0.1) is 42.8 Å². The van der Waals surface area contributed by atoms with Crippen molar-refractivity contribution in [3.05, 3.63) is 34.9 Å². The van der Waals surface area contributed by atoms with Gasteiger partial charge in [-0.1, -0.05) is 13.3 Å². The van der Waals surface area contributed by atoms with Gasteiger partial charge in [0.1, 0.15) is 0 Å². The standard InChI is InChI=1S/C20H28N6O2/c1-3-7-25-14(2)18(12-22-25)19(27)21-11-16-10-17-13-24(8-9-26(17)23-16)20(28)15-5-4-6-15/h10,12,15H,3-9,11,13H2,1-2H3,(H,21,27). The molecule has 0 radical (unpaired) electrons. The van der Waals surface area contributed by atoms with Crippen molar-refractivity contribution in [3.63, 3.8) is 0 Å². The Morgan fingerprint density at radius 1 is 1.29 bits per heavy atom. The zero-order chi connectivity index (χ0) is 19.7. The molecule has 1 aliphatic heterocycles. The first-order chi connectivity index (χ1) is 13.6. The largest absolute Gasteiger partial charge is 0.346 e. The molecule has 0 bridgehead atoms. The first-order valence-corrected chi connectivity index (χ1v) is 10.2. The van der Waals surface area contributed by atoms with Crippen LogP contribution in [0.5, 0.6) is 0 Å². The van der Waals surface area contributed by atoms with Crippen molar-refractivity contribution in [2.75, 3.05) is 6.54 Å². The number of aromatic nitrogens is 4. The van der Waals surface area contributed by atoms with E-state index in [1.807, 2.05) is 27.3 Å². The number of carbonyl (C=O) groups excluding carboxylic acids is 2. The van der Waals surface area contributed by atoms with Gasteiger partial charge in [0.15, 0.2) is 0 Å². The summed E-state index contributed by atoms with van der Waals surface area (Å²) in [5.41, 5.74) is 3.35. The molecule has 1 fully saturated rings. The van der Waals surface area contributed by atoms with E-state index in [9.17, 15) is 9.59 Å². The molecular weight excluding hydrogens is 356 g/mol. The Kier molecular flexibility index (Phi) is 5.19. The van der Waals surface area contributed by atoms with Gasteiger partial charge in [-0.3, -0.25) is 19.0 Å². The number of fused-ring (bicyclic) bond motifs is 1. The van der Waals surface area contributed by atoms with Crippen molar-refractivity contribution >= 4 is 11.8 Å². The smallest absolute Gasteiger partial charge is 0.255 e. The van der Waals surface area contributed by atoms with Crippen molar-refractivity contribution in [3.8, 4) is 0 Å². The summed E-state index contributed by atoms with van der Waals surface area (Å²) in [5, 5.41) is 11.8. The normalized spacial score (nSPS) is 16.6. The summed E-state index contributed by atoms with van der Waals surface area (Å²) < 4.78 is 3.81. The molecule has 2 amide bonds. The molecule has 3 heterocycles. The predicted octanol–water partition coefficient (Wildman–Crippen LogP) is 1.87. The molecule has 8 nitrogen and oxygen atoms in total. The average molecular weight is 384 g/mol. The molecule has 1 saturated carbocycles. The van der Waals surface area contributed by atoms with Crippen LogP contribution in [0.1, 0.15) is 60.0 Å². The number of nitrogens with one attached hydrogen (secondary N) is 1. The maximum Gasteiger partial charge on any atom is 0.255 e. The monoisotopic (exact) mass is 384 g/mol. The summed E-state index contributed by atoms with van der Waals surface area (Å²) >= 11 is 0. The minimum absolute atomic E-state index is 0.132. The van der Waals surface area contributed by atoms with Gasteiger partial charge in [0.2, 0.25) is 5.91 Å². The van der Waals surface area contributed by atoms with Crippen LogP contribution < -0.4 is 5.32 Å². The van der Waals surface area contributed by atoms with Gasteiger partial charge in [0.25, 0.3) is 5.91 Å². The van der Waals surface area contributed by atoms with Gasteiger partial charge in [-0.05, 0) is 32.3 Å². The van der Waals surface area contributed by atoms with E-state index >= 15 is 0 Å². The van der Waals surface area contributed by atoms with E-state index in [0.717, 1.165) is 42.9 Å². The summed E-state index contributed by atoms with van der Waals surface area (Å²) in [6.45, 7) is 7.22. The SMILES string of the molecule is CCCn1ncc(C(=O)NCc2cc3n(n2)CCN(C(=O)C2CCC2)C3)c1C. The minimum atomic E-state index is -0.132. The highest BCUT2D eigenvalue weighted by Gasteiger charge is 2.31. The zero-order valence-corrected chi connectivity index (χ0v) is 16.6. The van der Waals surface area contributed by atoms with Crippen molar-refractivity contribution < 1.29 is 9.59 Å². The average Bonchev–Trinajstić information content (AvgIpc) is 3.21. The number of hydrogen-bond acceptors (Lipinski definition) is 4. The van der Waals surface area contributed by atoms with E-state index in [1.54, 1.807) is 6.20 Å². The molecule has 28 heavy (non-hydrogen) atoms. The molecule has 0 unspecified atom stereocenters. The van der Waals surface area contributed by atoms with Crippen molar-refractivity contribution in [1.82, 2.24) is 29.8 Å². The summed E-state index contributed by atoms with van der Waals surface area (Å²) in [4.78, 5) is 26.9. The lowest BCUT2D eigenvalue weighted by Crippen LogP contribution is -2.43. The molecule has 2 aromatic rings. The Morgan fingerprint density at radius 2 is 2.11 bits per heavy atom. The maximum atomic E-state index is 12.5. The summed E-state index contributed by atoms with van der Waals surface area (Å²) in [6, 6.07) is 1.99. The van der Waals surface area contributed by atoms with Crippen LogP contribution in [0.3, 0.4) is 0 Å². The lowest BCUT2D eigenvalue weighted by atomic mass is 9.84. The van der Waals surface area contributed by atoms with E-state index < -0.39 is 0 Å². The molecule has 0 atom stereocenters. The molecule has 150 valence electrons. The van der Waals surface area contributed by atoms with E-state index in [0.29, 0.717) is 31.7 Å². The number of carbonyl (C=O) groups is 2. The fourth-order valence-electron chi connectivity index (χ4n) is 3.89.